The second kappa shape index (κ2) is 6.31. The monoisotopic (exact) mass is 299 g/mol. The number of nitrogens with one attached hydrogen (secondary N) is 1. The van der Waals surface area contributed by atoms with Crippen molar-refractivity contribution < 1.29 is 0 Å². The Hall–Kier alpha value is -0.680. The van der Waals surface area contributed by atoms with Crippen molar-refractivity contribution in [3.8, 4) is 0 Å². The first-order chi connectivity index (χ1) is 8.27. The van der Waals surface area contributed by atoms with Crippen LogP contribution in [-0.2, 0) is 6.54 Å². The second-order valence-electron chi connectivity index (χ2n) is 4.53. The van der Waals surface area contributed by atoms with Crippen molar-refractivity contribution in [3.63, 3.8) is 0 Å². The van der Waals surface area contributed by atoms with Gasteiger partial charge in [0.2, 0.25) is 0 Å². The summed E-state index contributed by atoms with van der Waals surface area (Å²) in [5.41, 5.74) is -0.00885. The number of aromatic nitrogens is 2. The lowest BCUT2D eigenvalue weighted by Gasteiger charge is -2.22. The van der Waals surface area contributed by atoms with Gasteiger partial charge in [0.1, 0.15) is 4.47 Å². The summed E-state index contributed by atoms with van der Waals surface area (Å²) in [6.45, 7) is 1.52. The van der Waals surface area contributed by atoms with Crippen LogP contribution >= 0.6 is 15.9 Å². The molecule has 0 radical (unpaired) electrons. The van der Waals surface area contributed by atoms with E-state index in [0.717, 1.165) is 6.54 Å². The lowest BCUT2D eigenvalue weighted by Crippen LogP contribution is -2.35. The quantitative estimate of drug-likeness (QED) is 0.924. The summed E-state index contributed by atoms with van der Waals surface area (Å²) >= 11 is 3.20. The van der Waals surface area contributed by atoms with Crippen molar-refractivity contribution in [2.24, 2.45) is 0 Å². The minimum Gasteiger partial charge on any atom is -0.312 e. The van der Waals surface area contributed by atoms with Crippen molar-refractivity contribution in [3.05, 3.63) is 27.4 Å². The molecule has 1 saturated carbocycles. The van der Waals surface area contributed by atoms with Gasteiger partial charge >= 0.3 is 0 Å². The number of hydrogen-bond donors (Lipinski definition) is 1. The van der Waals surface area contributed by atoms with Crippen molar-refractivity contribution in [1.82, 2.24) is 14.9 Å². The van der Waals surface area contributed by atoms with Crippen molar-refractivity contribution in [2.45, 2.75) is 44.7 Å². The summed E-state index contributed by atoms with van der Waals surface area (Å²) in [4.78, 5) is 15.7. The fourth-order valence-corrected chi connectivity index (χ4v) is 2.63. The first-order valence-corrected chi connectivity index (χ1v) is 7.00. The molecule has 0 aliphatic heterocycles. The molecule has 17 heavy (non-hydrogen) atoms. The zero-order valence-corrected chi connectivity index (χ0v) is 11.4. The number of halogens is 1. The van der Waals surface area contributed by atoms with Crippen LogP contribution in [0.2, 0.25) is 0 Å². The van der Waals surface area contributed by atoms with Crippen molar-refractivity contribution in [1.29, 1.82) is 0 Å². The van der Waals surface area contributed by atoms with Gasteiger partial charge in [-0.2, -0.15) is 0 Å². The normalized spacial score (nSPS) is 17.2. The third kappa shape index (κ3) is 3.64. The molecule has 1 aromatic heterocycles. The van der Waals surface area contributed by atoms with E-state index in [1.807, 2.05) is 0 Å². The molecule has 0 spiro atoms. The Kier molecular flexibility index (Phi) is 4.74. The fraction of sp³-hybridized carbons (Fsp3) is 0.667. The molecule has 1 fully saturated rings. The molecule has 0 amide bonds. The van der Waals surface area contributed by atoms with Gasteiger partial charge in [0.05, 0.1) is 6.33 Å². The van der Waals surface area contributed by atoms with Gasteiger partial charge in [0.15, 0.2) is 0 Å². The Morgan fingerprint density at radius 2 is 2.18 bits per heavy atom. The highest BCUT2D eigenvalue weighted by atomic mass is 79.9. The molecule has 1 aliphatic rings. The fourth-order valence-electron chi connectivity index (χ4n) is 2.28. The zero-order valence-electron chi connectivity index (χ0n) is 9.86. The highest BCUT2D eigenvalue weighted by Gasteiger charge is 2.12. The summed E-state index contributed by atoms with van der Waals surface area (Å²) in [5, 5.41) is 3.51. The molecule has 0 atom stereocenters. The predicted molar refractivity (Wildman–Crippen MR) is 71.1 cm³/mol. The third-order valence-corrected chi connectivity index (χ3v) is 3.79. The van der Waals surface area contributed by atoms with E-state index in [-0.39, 0.29) is 5.56 Å². The van der Waals surface area contributed by atoms with Gasteiger partial charge < -0.3 is 5.32 Å². The Morgan fingerprint density at radius 3 is 2.94 bits per heavy atom. The van der Waals surface area contributed by atoms with E-state index in [1.165, 1.54) is 38.3 Å². The Morgan fingerprint density at radius 1 is 1.41 bits per heavy atom. The Labute approximate surface area is 110 Å². The molecule has 94 valence electrons. The maximum atomic E-state index is 11.7. The van der Waals surface area contributed by atoms with Gasteiger partial charge in [-0.05, 0) is 28.8 Å². The molecule has 0 aromatic carbocycles. The summed E-state index contributed by atoms with van der Waals surface area (Å²) in [6.07, 6.45) is 9.69. The van der Waals surface area contributed by atoms with Crippen LogP contribution in [0.4, 0.5) is 0 Å². The van der Waals surface area contributed by atoms with Crippen LogP contribution in [0.1, 0.15) is 32.1 Å². The van der Waals surface area contributed by atoms with Gasteiger partial charge in [0, 0.05) is 25.3 Å². The van der Waals surface area contributed by atoms with E-state index < -0.39 is 0 Å². The average molecular weight is 300 g/mol. The van der Waals surface area contributed by atoms with Gasteiger partial charge in [-0.3, -0.25) is 9.36 Å². The lowest BCUT2D eigenvalue weighted by molar-refractivity contribution is 0.366. The highest BCUT2D eigenvalue weighted by Crippen LogP contribution is 2.16. The molecule has 1 N–H and O–H groups in total. The molecular formula is C12H18BrN3O. The van der Waals surface area contributed by atoms with Gasteiger partial charge in [-0.15, -0.1) is 0 Å². The van der Waals surface area contributed by atoms with Crippen LogP contribution in [0.25, 0.3) is 0 Å². The molecule has 0 bridgehead atoms. The van der Waals surface area contributed by atoms with E-state index in [1.54, 1.807) is 10.9 Å². The van der Waals surface area contributed by atoms with Gasteiger partial charge in [-0.25, -0.2) is 4.98 Å². The lowest BCUT2D eigenvalue weighted by atomic mass is 9.95. The van der Waals surface area contributed by atoms with Crippen LogP contribution in [-0.4, -0.2) is 22.1 Å². The van der Waals surface area contributed by atoms with E-state index in [9.17, 15) is 4.79 Å². The maximum Gasteiger partial charge on any atom is 0.267 e. The zero-order chi connectivity index (χ0) is 12.1. The minimum absolute atomic E-state index is 0.00885. The highest BCUT2D eigenvalue weighted by molar-refractivity contribution is 9.10. The molecular weight excluding hydrogens is 282 g/mol. The van der Waals surface area contributed by atoms with Crippen LogP contribution in [0.5, 0.6) is 0 Å². The number of nitrogens with zero attached hydrogens (tertiary/aromatic N) is 2. The molecule has 4 nitrogen and oxygen atoms in total. The average Bonchev–Trinajstić information content (AvgIpc) is 2.36. The topological polar surface area (TPSA) is 46.9 Å². The van der Waals surface area contributed by atoms with E-state index in [4.69, 9.17) is 0 Å². The number of hydrogen-bond acceptors (Lipinski definition) is 3. The molecule has 1 aliphatic carbocycles. The molecule has 1 heterocycles. The third-order valence-electron chi connectivity index (χ3n) is 3.25. The van der Waals surface area contributed by atoms with Gasteiger partial charge in [-0.1, -0.05) is 19.3 Å². The summed E-state index contributed by atoms with van der Waals surface area (Å²) in [6, 6.07) is 0.638. The molecule has 0 saturated heterocycles. The smallest absolute Gasteiger partial charge is 0.267 e. The maximum absolute atomic E-state index is 11.7. The molecule has 1 aromatic rings. The largest absolute Gasteiger partial charge is 0.312 e. The first kappa shape index (κ1) is 12.8. The van der Waals surface area contributed by atoms with Gasteiger partial charge in [0.25, 0.3) is 5.56 Å². The van der Waals surface area contributed by atoms with E-state index >= 15 is 0 Å². The van der Waals surface area contributed by atoms with Crippen LogP contribution in [0.15, 0.2) is 21.8 Å². The van der Waals surface area contributed by atoms with E-state index in [0.29, 0.717) is 17.1 Å². The first-order valence-electron chi connectivity index (χ1n) is 6.20. The molecule has 2 rings (SSSR count). The van der Waals surface area contributed by atoms with Crippen LogP contribution in [0, 0.1) is 0 Å². The standard InChI is InChI=1S/C12H18BrN3O/c13-11-8-14-9-16(12(11)17)7-6-15-10-4-2-1-3-5-10/h8-10,15H,1-7H2. The molecule has 5 heteroatoms. The summed E-state index contributed by atoms with van der Waals surface area (Å²) in [5.74, 6) is 0. The predicted octanol–water partition coefficient (Wildman–Crippen LogP) is 1.93. The minimum atomic E-state index is -0.00885. The van der Waals surface area contributed by atoms with E-state index in [2.05, 4.69) is 26.2 Å². The second-order valence-corrected chi connectivity index (χ2v) is 5.38. The van der Waals surface area contributed by atoms with Crippen molar-refractivity contribution >= 4 is 15.9 Å². The molecule has 0 unspecified atom stereocenters. The van der Waals surface area contributed by atoms with Crippen LogP contribution in [0.3, 0.4) is 0 Å². The Balaban J connectivity index is 1.81. The van der Waals surface area contributed by atoms with Crippen LogP contribution < -0.4 is 10.9 Å². The Bertz CT molecular complexity index is 412. The SMILES string of the molecule is O=c1c(Br)cncn1CCNC1CCCCC1. The summed E-state index contributed by atoms with van der Waals surface area (Å²) in [7, 11) is 0. The van der Waals surface area contributed by atoms with Crippen molar-refractivity contribution in [2.75, 3.05) is 6.54 Å². The number of rotatable bonds is 4. The summed E-state index contributed by atoms with van der Waals surface area (Å²) < 4.78 is 2.16.